The Morgan fingerprint density at radius 1 is 0.973 bits per heavy atom. The van der Waals surface area contributed by atoms with Gasteiger partial charge in [0, 0.05) is 36.1 Å². The van der Waals surface area contributed by atoms with Gasteiger partial charge in [0.15, 0.2) is 0 Å². The Balaban J connectivity index is 1.28. The molecule has 1 aliphatic rings. The zero-order valence-corrected chi connectivity index (χ0v) is 22.5. The van der Waals surface area contributed by atoms with Crippen LogP contribution in [-0.4, -0.2) is 28.6 Å². The van der Waals surface area contributed by atoms with Crippen molar-refractivity contribution in [3.8, 4) is 5.75 Å². The molecule has 2 heterocycles. The lowest BCUT2D eigenvalue weighted by Crippen LogP contribution is -2.24. The maximum Gasteiger partial charge on any atom is 0.227 e. The molecule has 0 aliphatic carbocycles. The summed E-state index contributed by atoms with van der Waals surface area (Å²) in [6.45, 7) is 8.76. The second-order valence-corrected chi connectivity index (χ2v) is 11.2. The first-order valence-corrected chi connectivity index (χ1v) is 13.4. The molecule has 5 rings (SSSR count). The minimum Gasteiger partial charge on any atom is -0.493 e. The van der Waals surface area contributed by atoms with Gasteiger partial charge in [0.2, 0.25) is 5.91 Å². The van der Waals surface area contributed by atoms with E-state index in [4.69, 9.17) is 21.3 Å². The highest BCUT2D eigenvalue weighted by atomic mass is 35.5. The maximum atomic E-state index is 12.9. The number of rotatable bonds is 8. The first-order chi connectivity index (χ1) is 17.8. The number of hydrogen-bond donors (Lipinski definition) is 0. The summed E-state index contributed by atoms with van der Waals surface area (Å²) in [5.41, 5.74) is 4.25. The van der Waals surface area contributed by atoms with E-state index in [1.54, 1.807) is 0 Å². The molecule has 192 valence electrons. The van der Waals surface area contributed by atoms with Crippen LogP contribution in [0.4, 0.5) is 5.69 Å². The molecule has 1 aliphatic heterocycles. The standard InChI is InChI=1S/C31H34ClN3O2/c1-31(2,3)25-10-4-7-13-28(25)37-19-9-8-18-34-27-12-6-5-11-26(27)33-30(34)22-20-29(36)35(21-22)24-16-14-23(32)15-17-24/h4-7,10-17,22H,8-9,18-21H2,1-3H3. The number of fused-ring (bicyclic) bond motifs is 1. The Labute approximate surface area is 224 Å². The molecule has 5 nitrogen and oxygen atoms in total. The highest BCUT2D eigenvalue weighted by molar-refractivity contribution is 6.30. The van der Waals surface area contributed by atoms with Crippen molar-refractivity contribution in [1.29, 1.82) is 0 Å². The molecule has 4 aromatic rings. The van der Waals surface area contributed by atoms with Crippen LogP contribution in [0, 0.1) is 0 Å². The SMILES string of the molecule is CC(C)(C)c1ccccc1OCCCCn1c(C2CC(=O)N(c3ccc(Cl)cc3)C2)nc2ccccc21. The van der Waals surface area contributed by atoms with Crippen LogP contribution in [0.25, 0.3) is 11.0 Å². The number of carbonyl (C=O) groups excluding carboxylic acids is 1. The Kier molecular flexibility index (Phi) is 7.25. The predicted octanol–water partition coefficient (Wildman–Crippen LogP) is 7.37. The second-order valence-electron chi connectivity index (χ2n) is 10.8. The fraction of sp³-hybridized carbons (Fsp3) is 0.355. The van der Waals surface area contributed by atoms with Crippen molar-refractivity contribution in [2.75, 3.05) is 18.1 Å². The third-order valence-corrected chi connectivity index (χ3v) is 7.29. The highest BCUT2D eigenvalue weighted by Crippen LogP contribution is 2.34. The Morgan fingerprint density at radius 3 is 2.49 bits per heavy atom. The third kappa shape index (κ3) is 5.52. The van der Waals surface area contributed by atoms with Crippen LogP contribution in [0.3, 0.4) is 0 Å². The van der Waals surface area contributed by atoms with Gasteiger partial charge in [-0.3, -0.25) is 4.79 Å². The number of para-hydroxylation sites is 3. The number of nitrogens with zero attached hydrogens (tertiary/aromatic N) is 3. The van der Waals surface area contributed by atoms with Gasteiger partial charge in [0.25, 0.3) is 0 Å². The molecule has 37 heavy (non-hydrogen) atoms. The topological polar surface area (TPSA) is 47.4 Å². The lowest BCUT2D eigenvalue weighted by atomic mass is 9.86. The van der Waals surface area contributed by atoms with Crippen molar-refractivity contribution in [1.82, 2.24) is 9.55 Å². The monoisotopic (exact) mass is 515 g/mol. The lowest BCUT2D eigenvalue weighted by molar-refractivity contribution is -0.117. The van der Waals surface area contributed by atoms with E-state index in [0.717, 1.165) is 47.7 Å². The van der Waals surface area contributed by atoms with Crippen LogP contribution in [0.2, 0.25) is 5.02 Å². The van der Waals surface area contributed by atoms with Gasteiger partial charge >= 0.3 is 0 Å². The Hall–Kier alpha value is -3.31. The van der Waals surface area contributed by atoms with Crippen LogP contribution in [0.1, 0.15) is 57.3 Å². The fourth-order valence-corrected chi connectivity index (χ4v) is 5.28. The molecule has 0 N–H and O–H groups in total. The molecule has 1 fully saturated rings. The number of amides is 1. The summed E-state index contributed by atoms with van der Waals surface area (Å²) in [4.78, 5) is 19.8. The normalized spacial score (nSPS) is 16.1. The largest absolute Gasteiger partial charge is 0.493 e. The molecule has 1 atom stereocenters. The van der Waals surface area contributed by atoms with E-state index >= 15 is 0 Å². The second kappa shape index (κ2) is 10.6. The van der Waals surface area contributed by atoms with E-state index < -0.39 is 0 Å². The quantitative estimate of drug-likeness (QED) is 0.230. The molecule has 0 spiro atoms. The number of benzene rings is 3. The molecule has 3 aromatic carbocycles. The molecule has 0 saturated carbocycles. The van der Waals surface area contributed by atoms with Gasteiger partial charge in [0.05, 0.1) is 17.6 Å². The average molecular weight is 516 g/mol. The zero-order chi connectivity index (χ0) is 26.0. The van der Waals surface area contributed by atoms with Crippen LogP contribution in [-0.2, 0) is 16.8 Å². The number of ether oxygens (including phenoxy) is 1. The molecular weight excluding hydrogens is 482 g/mol. The van der Waals surface area contributed by atoms with Gasteiger partial charge < -0.3 is 14.2 Å². The molecular formula is C31H34ClN3O2. The highest BCUT2D eigenvalue weighted by Gasteiger charge is 2.34. The van der Waals surface area contributed by atoms with Crippen molar-refractivity contribution in [3.63, 3.8) is 0 Å². The summed E-state index contributed by atoms with van der Waals surface area (Å²) in [7, 11) is 0. The van der Waals surface area contributed by atoms with Gasteiger partial charge in [-0.1, -0.05) is 62.7 Å². The number of hydrogen-bond acceptors (Lipinski definition) is 3. The number of unbranched alkanes of at least 4 members (excludes halogenated alkanes) is 1. The number of aromatic nitrogens is 2. The lowest BCUT2D eigenvalue weighted by Gasteiger charge is -2.22. The van der Waals surface area contributed by atoms with Crippen molar-refractivity contribution in [2.24, 2.45) is 0 Å². The van der Waals surface area contributed by atoms with Gasteiger partial charge in [-0.2, -0.15) is 0 Å². The number of anilines is 1. The van der Waals surface area contributed by atoms with Gasteiger partial charge in [0.1, 0.15) is 11.6 Å². The summed E-state index contributed by atoms with van der Waals surface area (Å²) >= 11 is 6.05. The molecule has 1 saturated heterocycles. The van der Waals surface area contributed by atoms with E-state index in [1.807, 2.05) is 41.3 Å². The van der Waals surface area contributed by atoms with Crippen molar-refractivity contribution >= 4 is 34.2 Å². The summed E-state index contributed by atoms with van der Waals surface area (Å²) < 4.78 is 8.51. The number of imidazole rings is 1. The minimum absolute atomic E-state index is 0.0415. The first kappa shape index (κ1) is 25.3. The van der Waals surface area contributed by atoms with Crippen LogP contribution in [0.15, 0.2) is 72.8 Å². The zero-order valence-electron chi connectivity index (χ0n) is 21.8. The van der Waals surface area contributed by atoms with E-state index in [0.29, 0.717) is 24.6 Å². The summed E-state index contributed by atoms with van der Waals surface area (Å²) in [5, 5.41) is 0.666. The van der Waals surface area contributed by atoms with E-state index in [9.17, 15) is 4.79 Å². The summed E-state index contributed by atoms with van der Waals surface area (Å²) in [5.74, 6) is 2.13. The van der Waals surface area contributed by atoms with E-state index in [2.05, 4.69) is 61.7 Å². The Morgan fingerprint density at radius 2 is 1.70 bits per heavy atom. The minimum atomic E-state index is 0.0415. The van der Waals surface area contributed by atoms with E-state index in [-0.39, 0.29) is 17.2 Å². The van der Waals surface area contributed by atoms with Crippen molar-refractivity contribution in [2.45, 2.75) is 57.9 Å². The molecule has 0 bridgehead atoms. The number of halogens is 1. The van der Waals surface area contributed by atoms with Crippen LogP contribution >= 0.6 is 11.6 Å². The molecule has 6 heteroatoms. The summed E-state index contributed by atoms with van der Waals surface area (Å²) in [6.07, 6.45) is 2.36. The third-order valence-electron chi connectivity index (χ3n) is 7.04. The summed E-state index contributed by atoms with van der Waals surface area (Å²) in [6, 6.07) is 24.0. The average Bonchev–Trinajstić information content (AvgIpc) is 3.44. The van der Waals surface area contributed by atoms with Gasteiger partial charge in [-0.25, -0.2) is 4.98 Å². The van der Waals surface area contributed by atoms with Gasteiger partial charge in [-0.05, 0) is 66.3 Å². The smallest absolute Gasteiger partial charge is 0.227 e. The molecule has 1 amide bonds. The molecule has 0 radical (unpaired) electrons. The molecule has 1 unspecified atom stereocenters. The predicted molar refractivity (Wildman–Crippen MR) is 151 cm³/mol. The fourth-order valence-electron chi connectivity index (χ4n) is 5.16. The van der Waals surface area contributed by atoms with Crippen LogP contribution < -0.4 is 9.64 Å². The Bertz CT molecular complexity index is 1390. The van der Waals surface area contributed by atoms with Crippen LogP contribution in [0.5, 0.6) is 5.75 Å². The van der Waals surface area contributed by atoms with Gasteiger partial charge in [-0.15, -0.1) is 0 Å². The number of carbonyl (C=O) groups is 1. The van der Waals surface area contributed by atoms with Crippen molar-refractivity contribution in [3.05, 3.63) is 89.2 Å². The number of aryl methyl sites for hydroxylation is 1. The maximum absolute atomic E-state index is 12.9. The first-order valence-electron chi connectivity index (χ1n) is 13.0. The van der Waals surface area contributed by atoms with Crippen molar-refractivity contribution < 1.29 is 9.53 Å². The molecule has 1 aromatic heterocycles. The van der Waals surface area contributed by atoms with E-state index in [1.165, 1.54) is 5.56 Å².